The monoisotopic (exact) mass is 339 g/mol. The second kappa shape index (κ2) is 6.22. The van der Waals surface area contributed by atoms with Crippen LogP contribution in [0.5, 0.6) is 0 Å². The molecule has 1 aromatic rings. The molecule has 0 bridgehead atoms. The van der Waals surface area contributed by atoms with Crippen molar-refractivity contribution in [3.63, 3.8) is 0 Å². The molecule has 0 aliphatic carbocycles. The van der Waals surface area contributed by atoms with Crippen LogP contribution >= 0.6 is 15.9 Å². The maximum absolute atomic E-state index is 12.4. The minimum Gasteiger partial charge on any atom is -0.309 e. The lowest BCUT2D eigenvalue weighted by molar-refractivity contribution is -0.121. The number of carbonyl (C=O) groups excluding carboxylic acids is 1. The number of pyridine rings is 1. The first-order chi connectivity index (χ1) is 9.40. The first-order valence-electron chi connectivity index (χ1n) is 7.10. The van der Waals surface area contributed by atoms with Crippen LogP contribution in [0.25, 0.3) is 0 Å². The van der Waals surface area contributed by atoms with E-state index in [0.29, 0.717) is 17.9 Å². The van der Waals surface area contributed by atoms with Gasteiger partial charge in [0.25, 0.3) is 0 Å². The summed E-state index contributed by atoms with van der Waals surface area (Å²) in [5.41, 5.74) is 1.06. The number of hydrogen-bond acceptors (Lipinski definition) is 3. The number of aromatic nitrogens is 1. The van der Waals surface area contributed by atoms with Crippen molar-refractivity contribution < 1.29 is 4.79 Å². The highest BCUT2D eigenvalue weighted by Crippen LogP contribution is 2.26. The number of rotatable bonds is 3. The minimum absolute atomic E-state index is 0.0137. The zero-order valence-corrected chi connectivity index (χ0v) is 14.1. The fourth-order valence-electron chi connectivity index (χ4n) is 2.95. The first-order valence-corrected chi connectivity index (χ1v) is 7.90. The summed E-state index contributed by atoms with van der Waals surface area (Å²) < 4.78 is 0.949. The summed E-state index contributed by atoms with van der Waals surface area (Å²) >= 11 is 3.41. The normalized spacial score (nSPS) is 24.6. The van der Waals surface area contributed by atoms with Crippen LogP contribution in [-0.2, 0) is 4.79 Å². The third kappa shape index (κ3) is 3.20. The van der Waals surface area contributed by atoms with Gasteiger partial charge >= 0.3 is 0 Å². The van der Waals surface area contributed by atoms with Crippen LogP contribution in [0.1, 0.15) is 39.2 Å². The van der Waals surface area contributed by atoms with E-state index in [2.05, 4.69) is 45.0 Å². The molecule has 1 fully saturated rings. The molecule has 5 heteroatoms. The molecular formula is C15H22BrN3O. The highest BCUT2D eigenvalue weighted by molar-refractivity contribution is 9.10. The second-order valence-corrected chi connectivity index (χ2v) is 6.56. The fraction of sp³-hybridized carbons (Fsp3) is 0.600. The Morgan fingerprint density at radius 3 is 2.60 bits per heavy atom. The van der Waals surface area contributed by atoms with Crippen molar-refractivity contribution in [3.05, 3.63) is 22.3 Å². The van der Waals surface area contributed by atoms with E-state index in [0.717, 1.165) is 22.9 Å². The molecule has 1 aliphatic rings. The highest BCUT2D eigenvalue weighted by Gasteiger charge is 2.34. The lowest BCUT2D eigenvalue weighted by Gasteiger charge is -2.31. The number of anilines is 1. The van der Waals surface area contributed by atoms with Gasteiger partial charge in [0.05, 0.1) is 6.04 Å². The predicted octanol–water partition coefficient (Wildman–Crippen LogP) is 3.35. The van der Waals surface area contributed by atoms with Gasteiger partial charge in [-0.2, -0.15) is 0 Å². The summed E-state index contributed by atoms with van der Waals surface area (Å²) in [6.07, 6.45) is 4.04. The maximum Gasteiger partial charge on any atom is 0.242 e. The molecule has 3 unspecified atom stereocenters. The van der Waals surface area contributed by atoms with Gasteiger partial charge in [-0.05, 0) is 68.1 Å². The molecule has 20 heavy (non-hydrogen) atoms. The number of nitrogens with zero attached hydrogens (tertiary/aromatic N) is 2. The smallest absolute Gasteiger partial charge is 0.242 e. The van der Waals surface area contributed by atoms with Gasteiger partial charge in [-0.15, -0.1) is 0 Å². The maximum atomic E-state index is 12.4. The lowest BCUT2D eigenvalue weighted by atomic mass is 10.2. The lowest BCUT2D eigenvalue weighted by Crippen LogP contribution is -2.46. The molecule has 110 valence electrons. The van der Waals surface area contributed by atoms with Crippen molar-refractivity contribution in [3.8, 4) is 0 Å². The number of nitrogens with one attached hydrogen (secondary N) is 1. The average molecular weight is 340 g/mol. The van der Waals surface area contributed by atoms with E-state index in [1.54, 1.807) is 6.20 Å². The van der Waals surface area contributed by atoms with E-state index in [4.69, 9.17) is 0 Å². The van der Waals surface area contributed by atoms with E-state index in [1.165, 1.54) is 0 Å². The number of amides is 1. The van der Waals surface area contributed by atoms with Gasteiger partial charge in [-0.1, -0.05) is 0 Å². The predicted molar refractivity (Wildman–Crippen MR) is 84.8 cm³/mol. The Bertz CT molecular complexity index is 496. The molecule has 0 radical (unpaired) electrons. The fourth-order valence-corrected chi connectivity index (χ4v) is 3.17. The summed E-state index contributed by atoms with van der Waals surface area (Å²) in [4.78, 5) is 18.9. The molecule has 3 atom stereocenters. The Labute approximate surface area is 129 Å². The molecule has 2 rings (SSSR count). The van der Waals surface area contributed by atoms with Crippen LogP contribution < -0.4 is 5.32 Å². The van der Waals surface area contributed by atoms with Crippen molar-refractivity contribution >= 4 is 27.7 Å². The van der Waals surface area contributed by atoms with Gasteiger partial charge in [0.1, 0.15) is 5.82 Å². The van der Waals surface area contributed by atoms with Crippen LogP contribution in [0.15, 0.2) is 16.7 Å². The van der Waals surface area contributed by atoms with Gasteiger partial charge < -0.3 is 5.32 Å². The minimum atomic E-state index is -0.131. The molecule has 1 aromatic heterocycles. The average Bonchev–Trinajstić information content (AvgIpc) is 2.72. The van der Waals surface area contributed by atoms with E-state index < -0.39 is 0 Å². The van der Waals surface area contributed by atoms with Crippen LogP contribution in [0.3, 0.4) is 0 Å². The Balaban J connectivity index is 2.05. The number of hydrogen-bond donors (Lipinski definition) is 1. The molecule has 1 N–H and O–H groups in total. The van der Waals surface area contributed by atoms with E-state index in [-0.39, 0.29) is 11.9 Å². The molecule has 1 saturated heterocycles. The standard InChI is InChI=1S/C15H22BrN3O/c1-9-7-14(17-8-13(9)16)18-15(20)12(4)19-10(2)5-6-11(19)3/h7-8,10-12H,5-6H2,1-4H3,(H,17,18,20). The summed E-state index contributed by atoms with van der Waals surface area (Å²) in [7, 11) is 0. The zero-order valence-electron chi connectivity index (χ0n) is 12.5. The van der Waals surface area contributed by atoms with Crippen molar-refractivity contribution in [2.75, 3.05) is 5.32 Å². The quantitative estimate of drug-likeness (QED) is 0.918. The third-order valence-electron chi connectivity index (χ3n) is 4.14. The van der Waals surface area contributed by atoms with Crippen molar-refractivity contribution in [1.82, 2.24) is 9.88 Å². The Kier molecular flexibility index (Phi) is 4.81. The number of likely N-dealkylation sites (tertiary alicyclic amines) is 1. The second-order valence-electron chi connectivity index (χ2n) is 5.71. The molecule has 0 spiro atoms. The number of halogens is 1. The summed E-state index contributed by atoms with van der Waals surface area (Å²) in [6.45, 7) is 8.33. The van der Waals surface area contributed by atoms with Gasteiger partial charge in [-0.25, -0.2) is 4.98 Å². The number of aryl methyl sites for hydroxylation is 1. The Morgan fingerprint density at radius 1 is 1.45 bits per heavy atom. The summed E-state index contributed by atoms with van der Waals surface area (Å²) in [6, 6.07) is 2.68. The molecular weight excluding hydrogens is 318 g/mol. The number of carbonyl (C=O) groups is 1. The molecule has 1 amide bonds. The van der Waals surface area contributed by atoms with Gasteiger partial charge in [-0.3, -0.25) is 9.69 Å². The summed E-state index contributed by atoms with van der Waals surface area (Å²) in [5.74, 6) is 0.627. The van der Waals surface area contributed by atoms with Crippen LogP contribution in [-0.4, -0.2) is 33.9 Å². The van der Waals surface area contributed by atoms with E-state index >= 15 is 0 Å². The van der Waals surface area contributed by atoms with Crippen LogP contribution in [0.2, 0.25) is 0 Å². The van der Waals surface area contributed by atoms with Crippen LogP contribution in [0.4, 0.5) is 5.82 Å². The van der Waals surface area contributed by atoms with E-state index in [9.17, 15) is 4.79 Å². The third-order valence-corrected chi connectivity index (χ3v) is 4.98. The Morgan fingerprint density at radius 2 is 2.05 bits per heavy atom. The SMILES string of the molecule is Cc1cc(NC(=O)C(C)N2C(C)CCC2C)ncc1Br. The van der Waals surface area contributed by atoms with E-state index in [1.807, 2.05) is 19.9 Å². The zero-order chi connectivity index (χ0) is 14.9. The van der Waals surface area contributed by atoms with Crippen LogP contribution in [0, 0.1) is 6.92 Å². The van der Waals surface area contributed by atoms with Crippen molar-refractivity contribution in [2.45, 2.75) is 58.7 Å². The molecule has 0 aromatic carbocycles. The molecule has 0 saturated carbocycles. The summed E-state index contributed by atoms with van der Waals surface area (Å²) in [5, 5.41) is 2.92. The topological polar surface area (TPSA) is 45.2 Å². The van der Waals surface area contributed by atoms with Crippen molar-refractivity contribution in [1.29, 1.82) is 0 Å². The first kappa shape index (κ1) is 15.4. The van der Waals surface area contributed by atoms with Gasteiger partial charge in [0, 0.05) is 22.8 Å². The molecule has 1 aliphatic heterocycles. The molecule has 4 nitrogen and oxygen atoms in total. The molecule has 2 heterocycles. The Hall–Kier alpha value is -0.940. The largest absolute Gasteiger partial charge is 0.309 e. The van der Waals surface area contributed by atoms with Crippen molar-refractivity contribution in [2.24, 2.45) is 0 Å². The highest BCUT2D eigenvalue weighted by atomic mass is 79.9. The van der Waals surface area contributed by atoms with Gasteiger partial charge in [0.15, 0.2) is 0 Å². The van der Waals surface area contributed by atoms with Gasteiger partial charge in [0.2, 0.25) is 5.91 Å².